The first-order valence-electron chi connectivity index (χ1n) is 9.33. The van der Waals surface area contributed by atoms with Crippen LogP contribution in [0.25, 0.3) is 0 Å². The smallest absolute Gasteiger partial charge is 0.338 e. The Morgan fingerprint density at radius 1 is 1.32 bits per heavy atom. The topological polar surface area (TPSA) is 77.1 Å². The molecular weight excluding hydrogens is 367 g/mol. The van der Waals surface area contributed by atoms with Gasteiger partial charge in [-0.15, -0.1) is 0 Å². The van der Waals surface area contributed by atoms with Gasteiger partial charge in [-0.3, -0.25) is 4.90 Å². The van der Waals surface area contributed by atoms with Gasteiger partial charge in [0.15, 0.2) is 0 Å². The number of carbonyl (C=O) groups excluding carboxylic acids is 2. The van der Waals surface area contributed by atoms with Crippen molar-refractivity contribution in [3.05, 3.63) is 46.9 Å². The summed E-state index contributed by atoms with van der Waals surface area (Å²) in [6.45, 7) is 3.12. The zero-order valence-electron chi connectivity index (χ0n) is 16.1. The van der Waals surface area contributed by atoms with Crippen molar-refractivity contribution in [1.29, 1.82) is 0 Å². The number of hydrogen-bond donors (Lipinski definition) is 1. The zero-order chi connectivity index (χ0) is 20.1. The summed E-state index contributed by atoms with van der Waals surface area (Å²) in [5, 5.41) is 2.85. The lowest BCUT2D eigenvalue weighted by atomic mass is 9.94. The SMILES string of the molecule is COCCOC(=O)C1=C(C)N(C[C@@H]2CCCO2)C(=O)N[C@@H]1c1ccc(F)cc1. The summed E-state index contributed by atoms with van der Waals surface area (Å²) in [4.78, 5) is 27.1. The Morgan fingerprint density at radius 2 is 2.07 bits per heavy atom. The van der Waals surface area contributed by atoms with Crippen LogP contribution in [0.3, 0.4) is 0 Å². The third kappa shape index (κ3) is 4.51. The molecule has 1 aromatic rings. The van der Waals surface area contributed by atoms with Crippen LogP contribution in [0.4, 0.5) is 9.18 Å². The normalized spacial score (nSPS) is 22.4. The largest absolute Gasteiger partial charge is 0.460 e. The van der Waals surface area contributed by atoms with Gasteiger partial charge in [0.2, 0.25) is 0 Å². The van der Waals surface area contributed by atoms with Crippen LogP contribution in [0.2, 0.25) is 0 Å². The minimum Gasteiger partial charge on any atom is -0.460 e. The van der Waals surface area contributed by atoms with Gasteiger partial charge in [0, 0.05) is 19.4 Å². The molecule has 0 bridgehead atoms. The molecule has 1 saturated heterocycles. The number of urea groups is 1. The Morgan fingerprint density at radius 3 is 2.71 bits per heavy atom. The van der Waals surface area contributed by atoms with Gasteiger partial charge in [-0.1, -0.05) is 12.1 Å². The molecule has 8 heteroatoms. The molecule has 1 fully saturated rings. The van der Waals surface area contributed by atoms with Gasteiger partial charge in [0.1, 0.15) is 12.4 Å². The van der Waals surface area contributed by atoms with E-state index in [1.54, 1.807) is 19.1 Å². The highest BCUT2D eigenvalue weighted by Crippen LogP contribution is 2.32. The Balaban J connectivity index is 1.91. The van der Waals surface area contributed by atoms with Crippen LogP contribution in [-0.2, 0) is 19.0 Å². The highest BCUT2D eigenvalue weighted by molar-refractivity contribution is 5.95. The number of nitrogens with zero attached hydrogens (tertiary/aromatic N) is 1. The van der Waals surface area contributed by atoms with Crippen LogP contribution >= 0.6 is 0 Å². The van der Waals surface area contributed by atoms with E-state index in [1.807, 2.05) is 0 Å². The molecule has 0 saturated carbocycles. The molecule has 1 aromatic carbocycles. The molecule has 152 valence electrons. The van der Waals surface area contributed by atoms with Crippen molar-refractivity contribution in [1.82, 2.24) is 10.2 Å². The van der Waals surface area contributed by atoms with E-state index in [2.05, 4.69) is 5.32 Å². The van der Waals surface area contributed by atoms with Crippen LogP contribution in [0.1, 0.15) is 31.4 Å². The number of allylic oxidation sites excluding steroid dienone is 1. The first kappa shape index (κ1) is 20.3. The molecule has 2 heterocycles. The third-order valence-corrected chi connectivity index (χ3v) is 4.95. The molecule has 2 amide bonds. The molecule has 3 rings (SSSR count). The van der Waals surface area contributed by atoms with Crippen molar-refractivity contribution in [3.63, 3.8) is 0 Å². The predicted molar refractivity (Wildman–Crippen MR) is 98.9 cm³/mol. The van der Waals surface area contributed by atoms with E-state index in [0.29, 0.717) is 30.0 Å². The highest BCUT2D eigenvalue weighted by atomic mass is 19.1. The highest BCUT2D eigenvalue weighted by Gasteiger charge is 2.37. The molecule has 28 heavy (non-hydrogen) atoms. The Kier molecular flexibility index (Phi) is 6.64. The molecule has 0 unspecified atom stereocenters. The molecule has 2 aliphatic heterocycles. The number of methoxy groups -OCH3 is 1. The molecule has 0 aromatic heterocycles. The van der Waals surface area contributed by atoms with Gasteiger partial charge >= 0.3 is 12.0 Å². The van der Waals surface area contributed by atoms with Crippen LogP contribution < -0.4 is 5.32 Å². The van der Waals surface area contributed by atoms with E-state index in [0.717, 1.165) is 12.8 Å². The fourth-order valence-electron chi connectivity index (χ4n) is 3.46. The van der Waals surface area contributed by atoms with Gasteiger partial charge in [0.25, 0.3) is 0 Å². The summed E-state index contributed by atoms with van der Waals surface area (Å²) >= 11 is 0. The first-order valence-corrected chi connectivity index (χ1v) is 9.33. The number of hydrogen-bond acceptors (Lipinski definition) is 5. The molecular formula is C20H25FN2O5. The maximum absolute atomic E-state index is 13.3. The van der Waals surface area contributed by atoms with E-state index in [1.165, 1.54) is 24.1 Å². The lowest BCUT2D eigenvalue weighted by Gasteiger charge is -2.36. The number of ether oxygens (including phenoxy) is 3. The van der Waals surface area contributed by atoms with Crippen LogP contribution in [-0.4, -0.2) is 56.5 Å². The minimum atomic E-state index is -0.719. The Labute approximate surface area is 163 Å². The van der Waals surface area contributed by atoms with Crippen LogP contribution in [0.5, 0.6) is 0 Å². The molecule has 0 spiro atoms. The maximum Gasteiger partial charge on any atom is 0.338 e. The lowest BCUT2D eigenvalue weighted by Crippen LogP contribution is -2.50. The van der Waals surface area contributed by atoms with Gasteiger partial charge in [-0.2, -0.15) is 0 Å². The van der Waals surface area contributed by atoms with Crippen LogP contribution in [0, 0.1) is 5.82 Å². The summed E-state index contributed by atoms with van der Waals surface area (Å²) in [7, 11) is 1.52. The van der Waals surface area contributed by atoms with E-state index in [4.69, 9.17) is 14.2 Å². The van der Waals surface area contributed by atoms with E-state index in [9.17, 15) is 14.0 Å². The van der Waals surface area contributed by atoms with Crippen molar-refractivity contribution in [2.45, 2.75) is 31.9 Å². The van der Waals surface area contributed by atoms with Gasteiger partial charge < -0.3 is 19.5 Å². The van der Waals surface area contributed by atoms with E-state index >= 15 is 0 Å². The van der Waals surface area contributed by atoms with Gasteiger partial charge in [-0.25, -0.2) is 14.0 Å². The summed E-state index contributed by atoms with van der Waals surface area (Å²) < 4.78 is 29.2. The van der Waals surface area contributed by atoms with Crippen molar-refractivity contribution in [2.24, 2.45) is 0 Å². The number of halogens is 1. The second-order valence-corrected chi connectivity index (χ2v) is 6.81. The molecule has 0 radical (unpaired) electrons. The second kappa shape index (κ2) is 9.16. The van der Waals surface area contributed by atoms with Crippen molar-refractivity contribution < 1.29 is 28.2 Å². The average Bonchev–Trinajstić information content (AvgIpc) is 3.18. The lowest BCUT2D eigenvalue weighted by molar-refractivity contribution is -0.141. The van der Waals surface area contributed by atoms with E-state index in [-0.39, 0.29) is 25.3 Å². The number of carbonyl (C=O) groups is 2. The Bertz CT molecular complexity index is 743. The maximum atomic E-state index is 13.3. The first-order chi connectivity index (χ1) is 13.5. The number of rotatable bonds is 7. The second-order valence-electron chi connectivity index (χ2n) is 6.81. The summed E-state index contributed by atoms with van der Waals surface area (Å²) in [5.41, 5.74) is 1.43. The standard InChI is InChI=1S/C20H25FN2O5/c1-13-17(19(24)28-11-10-26-2)18(14-5-7-15(21)8-6-14)22-20(25)23(13)12-16-4-3-9-27-16/h5-8,16,18H,3-4,9-12H2,1-2H3,(H,22,25)/t16-,18+/m0/s1. The summed E-state index contributed by atoms with van der Waals surface area (Å²) in [6, 6.07) is 4.64. The average molecular weight is 392 g/mol. The van der Waals surface area contributed by atoms with Crippen molar-refractivity contribution >= 4 is 12.0 Å². The molecule has 2 atom stereocenters. The fraction of sp³-hybridized carbons (Fsp3) is 0.500. The van der Waals surface area contributed by atoms with E-state index < -0.39 is 17.8 Å². The van der Waals surface area contributed by atoms with Crippen molar-refractivity contribution in [2.75, 3.05) is 33.5 Å². The fourth-order valence-corrected chi connectivity index (χ4v) is 3.46. The number of esters is 1. The minimum absolute atomic E-state index is 0.0613. The van der Waals surface area contributed by atoms with Crippen LogP contribution in [0.15, 0.2) is 35.5 Å². The third-order valence-electron chi connectivity index (χ3n) is 4.95. The molecule has 7 nitrogen and oxygen atoms in total. The monoisotopic (exact) mass is 392 g/mol. The molecule has 0 aliphatic carbocycles. The van der Waals surface area contributed by atoms with Gasteiger partial charge in [0.05, 0.1) is 30.9 Å². The number of amides is 2. The molecule has 2 aliphatic rings. The summed E-state index contributed by atoms with van der Waals surface area (Å²) in [6.07, 6.45) is 1.76. The number of benzene rings is 1. The quantitative estimate of drug-likeness (QED) is 0.570. The zero-order valence-corrected chi connectivity index (χ0v) is 16.1. The Hall–Kier alpha value is -2.45. The predicted octanol–water partition coefficient (Wildman–Crippen LogP) is 2.53. The number of nitrogens with one attached hydrogen (secondary N) is 1. The van der Waals surface area contributed by atoms with Crippen molar-refractivity contribution in [3.8, 4) is 0 Å². The summed E-state index contributed by atoms with van der Waals surface area (Å²) in [5.74, 6) is -0.933. The molecule has 1 N–H and O–H groups in total. The van der Waals surface area contributed by atoms with Gasteiger partial charge in [-0.05, 0) is 37.5 Å².